The first-order valence-electron chi connectivity index (χ1n) is 6.70. The van der Waals surface area contributed by atoms with Crippen LogP contribution in [0.25, 0.3) is 0 Å². The molecule has 1 aromatic rings. The summed E-state index contributed by atoms with van der Waals surface area (Å²) in [6, 6.07) is 3.83. The fraction of sp³-hybridized carbons (Fsp3) is 0.286. The van der Waals surface area contributed by atoms with Crippen molar-refractivity contribution in [3.8, 4) is 0 Å². The second-order valence-corrected chi connectivity index (χ2v) is 5.66. The quantitative estimate of drug-likeness (QED) is 0.491. The number of hydrogen-bond donors (Lipinski definition) is 2. The number of carboxylic acids is 1. The number of carbonyl (C=O) groups excluding carboxylic acids is 1. The Kier molecular flexibility index (Phi) is 3.78. The van der Waals surface area contributed by atoms with E-state index in [1.165, 1.54) is 12.1 Å². The van der Waals surface area contributed by atoms with E-state index in [1.807, 2.05) is 0 Å². The van der Waals surface area contributed by atoms with Crippen molar-refractivity contribution in [2.45, 2.75) is 12.2 Å². The van der Waals surface area contributed by atoms with Crippen LogP contribution in [-0.4, -0.2) is 34.1 Å². The molecule has 0 spiro atoms. The number of fused-ring (bicyclic) bond motifs is 2. The third kappa shape index (κ3) is 2.66. The number of carbonyl (C=O) groups is 2. The van der Waals surface area contributed by atoms with Crippen LogP contribution in [0.15, 0.2) is 30.4 Å². The number of rotatable bonds is 4. The van der Waals surface area contributed by atoms with E-state index in [0.29, 0.717) is 0 Å². The second kappa shape index (κ2) is 5.64. The van der Waals surface area contributed by atoms with Gasteiger partial charge in [0.15, 0.2) is 0 Å². The van der Waals surface area contributed by atoms with E-state index < -0.39 is 40.8 Å². The van der Waals surface area contributed by atoms with Crippen molar-refractivity contribution in [2.75, 3.05) is 5.32 Å². The number of nitro benzene ring substituents is 1. The third-order valence-corrected chi connectivity index (χ3v) is 4.22. The van der Waals surface area contributed by atoms with Crippen molar-refractivity contribution in [2.24, 2.45) is 11.8 Å². The third-order valence-electron chi connectivity index (χ3n) is 3.90. The number of hydrogen-bond acceptors (Lipinski definition) is 5. The Morgan fingerprint density at radius 2 is 1.91 bits per heavy atom. The average molecular weight is 339 g/mol. The fourth-order valence-corrected chi connectivity index (χ4v) is 3.06. The Morgan fingerprint density at radius 3 is 2.52 bits per heavy atom. The summed E-state index contributed by atoms with van der Waals surface area (Å²) < 4.78 is 5.42. The fourth-order valence-electron chi connectivity index (χ4n) is 2.87. The van der Waals surface area contributed by atoms with Crippen LogP contribution in [0.1, 0.15) is 0 Å². The van der Waals surface area contributed by atoms with Gasteiger partial charge in [0.1, 0.15) is 10.9 Å². The van der Waals surface area contributed by atoms with Gasteiger partial charge in [-0.15, -0.1) is 0 Å². The summed E-state index contributed by atoms with van der Waals surface area (Å²) in [6.07, 6.45) is 2.04. The van der Waals surface area contributed by atoms with Gasteiger partial charge in [0, 0.05) is 11.8 Å². The monoisotopic (exact) mass is 338 g/mol. The number of carboxylic acid groups (broad SMARTS) is 1. The van der Waals surface area contributed by atoms with E-state index in [-0.39, 0.29) is 16.4 Å². The molecule has 1 amide bonds. The Labute approximate surface area is 134 Å². The number of nitro groups is 1. The van der Waals surface area contributed by atoms with E-state index in [2.05, 4.69) is 5.32 Å². The van der Waals surface area contributed by atoms with Gasteiger partial charge in [0.05, 0.1) is 23.0 Å². The van der Waals surface area contributed by atoms with Gasteiger partial charge in [0.2, 0.25) is 5.91 Å². The minimum Gasteiger partial charge on any atom is -0.481 e. The molecule has 0 saturated carbocycles. The van der Waals surface area contributed by atoms with Gasteiger partial charge >= 0.3 is 5.97 Å². The molecule has 1 aromatic carbocycles. The first-order chi connectivity index (χ1) is 10.9. The Bertz CT molecular complexity index is 734. The highest BCUT2D eigenvalue weighted by Gasteiger charge is 2.53. The molecule has 0 radical (unpaired) electrons. The molecule has 2 aliphatic rings. The molecule has 1 fully saturated rings. The SMILES string of the molecule is O=C(O)[C@@H]1[C@@H](C(=O)Nc2ccc(Cl)c([N+](=O)[O-])c2)[C@@H]2C=C[C@@H]1O2. The number of halogens is 1. The highest BCUT2D eigenvalue weighted by atomic mass is 35.5. The van der Waals surface area contributed by atoms with Crippen LogP contribution < -0.4 is 5.32 Å². The molecule has 2 N–H and O–H groups in total. The molecule has 9 heteroatoms. The minimum absolute atomic E-state index is 0.0531. The molecular weight excluding hydrogens is 328 g/mol. The zero-order chi connectivity index (χ0) is 16.7. The highest BCUT2D eigenvalue weighted by molar-refractivity contribution is 6.32. The van der Waals surface area contributed by atoms with Gasteiger partial charge < -0.3 is 15.2 Å². The van der Waals surface area contributed by atoms with Crippen LogP contribution in [0.4, 0.5) is 11.4 Å². The number of benzene rings is 1. The van der Waals surface area contributed by atoms with Crippen LogP contribution in [0, 0.1) is 22.0 Å². The summed E-state index contributed by atoms with van der Waals surface area (Å²) in [5.41, 5.74) is -0.176. The zero-order valence-electron chi connectivity index (χ0n) is 11.5. The number of nitrogens with zero attached hydrogens (tertiary/aromatic N) is 1. The number of anilines is 1. The van der Waals surface area contributed by atoms with E-state index in [1.54, 1.807) is 12.2 Å². The molecule has 2 heterocycles. The lowest BCUT2D eigenvalue weighted by Crippen LogP contribution is -2.39. The molecule has 4 atom stereocenters. The standard InChI is InChI=1S/C14H11ClN2O6/c15-7-2-1-6(5-8(7)17(21)22)16-13(18)11-9-3-4-10(23-9)12(11)14(19)20/h1-5,9-12H,(H,16,18)(H,19,20)/t9-,10-,11-,12-/m0/s1. The van der Waals surface area contributed by atoms with Gasteiger partial charge in [-0.1, -0.05) is 23.8 Å². The van der Waals surface area contributed by atoms with Gasteiger partial charge in [-0.05, 0) is 12.1 Å². The maximum atomic E-state index is 12.4. The predicted molar refractivity (Wildman–Crippen MR) is 79.2 cm³/mol. The summed E-state index contributed by atoms with van der Waals surface area (Å²) in [6.45, 7) is 0. The molecular formula is C14H11ClN2O6. The maximum absolute atomic E-state index is 12.4. The molecule has 3 rings (SSSR count). The normalized spacial score (nSPS) is 27.9. The average Bonchev–Trinajstić information content (AvgIpc) is 3.09. The molecule has 0 unspecified atom stereocenters. The van der Waals surface area contributed by atoms with Crippen molar-refractivity contribution < 1.29 is 24.4 Å². The molecule has 2 aliphatic heterocycles. The predicted octanol–water partition coefficient (Wildman–Crippen LogP) is 1.84. The molecule has 8 nitrogen and oxygen atoms in total. The van der Waals surface area contributed by atoms with Crippen molar-refractivity contribution in [3.05, 3.63) is 45.5 Å². The second-order valence-electron chi connectivity index (χ2n) is 5.25. The number of ether oxygens (including phenoxy) is 1. The van der Waals surface area contributed by atoms with Crippen molar-refractivity contribution in [1.29, 1.82) is 0 Å². The van der Waals surface area contributed by atoms with E-state index in [9.17, 15) is 24.8 Å². The van der Waals surface area contributed by atoms with Crippen LogP contribution in [0.5, 0.6) is 0 Å². The lowest BCUT2D eigenvalue weighted by Gasteiger charge is -2.20. The van der Waals surface area contributed by atoms with Crippen LogP contribution in [0.2, 0.25) is 5.02 Å². The van der Waals surface area contributed by atoms with Crippen LogP contribution in [0.3, 0.4) is 0 Å². The van der Waals surface area contributed by atoms with Gasteiger partial charge in [0.25, 0.3) is 5.69 Å². The molecule has 120 valence electrons. The van der Waals surface area contributed by atoms with Crippen molar-refractivity contribution in [1.82, 2.24) is 0 Å². The zero-order valence-corrected chi connectivity index (χ0v) is 12.3. The summed E-state index contributed by atoms with van der Waals surface area (Å²) in [7, 11) is 0. The Morgan fingerprint density at radius 1 is 1.26 bits per heavy atom. The molecule has 23 heavy (non-hydrogen) atoms. The molecule has 0 aromatic heterocycles. The van der Waals surface area contributed by atoms with Crippen molar-refractivity contribution in [3.63, 3.8) is 0 Å². The number of nitrogens with one attached hydrogen (secondary N) is 1. The highest BCUT2D eigenvalue weighted by Crippen LogP contribution is 2.40. The number of aliphatic carboxylic acids is 1. The van der Waals surface area contributed by atoms with Crippen molar-refractivity contribution >= 4 is 34.9 Å². The first kappa shape index (κ1) is 15.4. The summed E-state index contributed by atoms with van der Waals surface area (Å²) in [5, 5.41) is 22.6. The molecule has 0 aliphatic carbocycles. The van der Waals surface area contributed by atoms with Gasteiger partial charge in [-0.2, -0.15) is 0 Å². The maximum Gasteiger partial charge on any atom is 0.310 e. The van der Waals surface area contributed by atoms with E-state index in [4.69, 9.17) is 16.3 Å². The smallest absolute Gasteiger partial charge is 0.310 e. The lowest BCUT2D eigenvalue weighted by molar-refractivity contribution is -0.384. The summed E-state index contributed by atoms with van der Waals surface area (Å²) >= 11 is 5.71. The lowest BCUT2D eigenvalue weighted by atomic mass is 9.82. The largest absolute Gasteiger partial charge is 0.481 e. The Balaban J connectivity index is 1.82. The van der Waals surface area contributed by atoms with Gasteiger partial charge in [-0.25, -0.2) is 0 Å². The number of amides is 1. The van der Waals surface area contributed by atoms with Crippen LogP contribution in [-0.2, 0) is 14.3 Å². The summed E-state index contributed by atoms with van der Waals surface area (Å²) in [5.74, 6) is -3.56. The molecule has 1 saturated heterocycles. The van der Waals surface area contributed by atoms with E-state index >= 15 is 0 Å². The van der Waals surface area contributed by atoms with Gasteiger partial charge in [-0.3, -0.25) is 19.7 Å². The van der Waals surface area contributed by atoms with E-state index in [0.717, 1.165) is 6.07 Å². The Hall–Kier alpha value is -2.45. The molecule has 2 bridgehead atoms. The first-order valence-corrected chi connectivity index (χ1v) is 7.07. The minimum atomic E-state index is -1.12. The van der Waals surface area contributed by atoms with Crippen LogP contribution >= 0.6 is 11.6 Å². The summed E-state index contributed by atoms with van der Waals surface area (Å²) in [4.78, 5) is 33.9. The topological polar surface area (TPSA) is 119 Å².